The van der Waals surface area contributed by atoms with Gasteiger partial charge in [0.15, 0.2) is 18.0 Å². The van der Waals surface area contributed by atoms with E-state index in [1.807, 2.05) is 0 Å². The van der Waals surface area contributed by atoms with E-state index in [1.165, 1.54) is 48.5 Å². The fourth-order valence-electron chi connectivity index (χ4n) is 4.44. The topological polar surface area (TPSA) is 163 Å². The molecular weight excluding hydrogens is 608 g/mol. The van der Waals surface area contributed by atoms with E-state index in [1.54, 1.807) is 72.8 Å². The average Bonchev–Trinajstić information content (AvgIpc) is 3.12. The van der Waals surface area contributed by atoms with Crippen LogP contribution in [0.4, 0.5) is 0 Å². The van der Waals surface area contributed by atoms with Crippen molar-refractivity contribution in [1.29, 1.82) is 0 Å². The number of carbonyl (C=O) groups excluding carboxylic acids is 5. The summed E-state index contributed by atoms with van der Waals surface area (Å²) in [4.78, 5) is 66.1. The first kappa shape index (κ1) is 34.2. The van der Waals surface area contributed by atoms with E-state index >= 15 is 0 Å². The average molecular weight is 641 g/mol. The molecule has 0 bridgehead atoms. The van der Waals surface area contributed by atoms with Crippen molar-refractivity contribution in [2.75, 3.05) is 13.2 Å². The lowest BCUT2D eigenvalue weighted by molar-refractivity contribution is -0.151. The molecule has 4 atom stereocenters. The lowest BCUT2D eigenvalue weighted by atomic mass is 9.97. The van der Waals surface area contributed by atoms with E-state index in [2.05, 4.69) is 0 Å². The van der Waals surface area contributed by atoms with E-state index in [-0.39, 0.29) is 22.3 Å². The van der Waals surface area contributed by atoms with Crippen molar-refractivity contribution in [2.45, 2.75) is 30.8 Å². The van der Waals surface area contributed by atoms with Crippen molar-refractivity contribution < 1.29 is 53.1 Å². The highest BCUT2D eigenvalue weighted by Gasteiger charge is 2.46. The van der Waals surface area contributed by atoms with Crippen LogP contribution in [0.1, 0.15) is 47.9 Å². The van der Waals surface area contributed by atoms with Gasteiger partial charge in [-0.05, 0) is 48.5 Å². The standard InChI is InChI=1S/C36H32O11/c37-22-21-28(38)30(45-34(41)25-15-7-2-8-16-25)32(47-36(43)27-19-11-4-12-20-27)31(46-35(42)26-17-9-3-10-18-26)29(39)23-44-33(40)24-13-5-1-6-14-24/h1-20,29-32,37,39H,21-23H2/t29-,30-,31-,32-/m1/s1. The third-order valence-electron chi connectivity index (χ3n) is 6.82. The van der Waals surface area contributed by atoms with Crippen molar-refractivity contribution in [3.05, 3.63) is 144 Å². The first-order valence-corrected chi connectivity index (χ1v) is 14.6. The third-order valence-corrected chi connectivity index (χ3v) is 6.82. The van der Waals surface area contributed by atoms with Crippen LogP contribution in [0.5, 0.6) is 0 Å². The lowest BCUT2D eigenvalue weighted by Gasteiger charge is -2.34. The number of benzene rings is 4. The van der Waals surface area contributed by atoms with E-state index in [9.17, 15) is 34.2 Å². The highest BCUT2D eigenvalue weighted by atomic mass is 16.6. The van der Waals surface area contributed by atoms with Gasteiger partial charge in [-0.15, -0.1) is 0 Å². The molecule has 2 N–H and O–H groups in total. The fraction of sp³-hybridized carbons (Fsp3) is 0.194. The number of aliphatic hydroxyl groups is 2. The van der Waals surface area contributed by atoms with Crippen molar-refractivity contribution >= 4 is 29.7 Å². The van der Waals surface area contributed by atoms with Crippen LogP contribution in [-0.2, 0) is 23.7 Å². The Balaban J connectivity index is 1.75. The van der Waals surface area contributed by atoms with Gasteiger partial charge in [0.05, 0.1) is 28.9 Å². The van der Waals surface area contributed by atoms with Crippen LogP contribution in [0, 0.1) is 0 Å². The maximum absolute atomic E-state index is 13.5. The number of aliphatic hydroxyl groups excluding tert-OH is 2. The normalized spacial score (nSPS) is 13.2. The molecular formula is C36H32O11. The predicted octanol–water partition coefficient (Wildman–Crippen LogP) is 3.83. The highest BCUT2D eigenvalue weighted by molar-refractivity contribution is 5.94. The Hall–Kier alpha value is -5.65. The zero-order valence-corrected chi connectivity index (χ0v) is 25.0. The Morgan fingerprint density at radius 3 is 1.28 bits per heavy atom. The second-order valence-electron chi connectivity index (χ2n) is 10.1. The quantitative estimate of drug-likeness (QED) is 0.143. The van der Waals surface area contributed by atoms with Crippen LogP contribution in [0.25, 0.3) is 0 Å². The van der Waals surface area contributed by atoms with Gasteiger partial charge in [-0.1, -0.05) is 72.8 Å². The van der Waals surface area contributed by atoms with Gasteiger partial charge < -0.3 is 29.2 Å². The zero-order valence-electron chi connectivity index (χ0n) is 25.0. The molecule has 242 valence electrons. The highest BCUT2D eigenvalue weighted by Crippen LogP contribution is 2.23. The molecule has 0 saturated heterocycles. The smallest absolute Gasteiger partial charge is 0.338 e. The summed E-state index contributed by atoms with van der Waals surface area (Å²) < 4.78 is 22.2. The summed E-state index contributed by atoms with van der Waals surface area (Å²) in [5.41, 5.74) is 0.270. The summed E-state index contributed by atoms with van der Waals surface area (Å²) in [6.07, 6.45) is -8.37. The molecule has 0 spiro atoms. The van der Waals surface area contributed by atoms with Crippen LogP contribution >= 0.6 is 0 Å². The Kier molecular flexibility index (Phi) is 12.5. The monoisotopic (exact) mass is 640 g/mol. The van der Waals surface area contributed by atoms with Crippen molar-refractivity contribution in [1.82, 2.24) is 0 Å². The number of rotatable bonds is 15. The number of ether oxygens (including phenoxy) is 4. The molecule has 0 radical (unpaired) electrons. The van der Waals surface area contributed by atoms with Gasteiger partial charge in [0.2, 0.25) is 6.10 Å². The van der Waals surface area contributed by atoms with Crippen molar-refractivity contribution in [3.63, 3.8) is 0 Å². The minimum atomic E-state index is -1.99. The Labute approximate surface area is 270 Å². The molecule has 0 amide bonds. The number of carbonyl (C=O) groups is 5. The van der Waals surface area contributed by atoms with Crippen LogP contribution in [0.2, 0.25) is 0 Å². The summed E-state index contributed by atoms with van der Waals surface area (Å²) in [6.45, 7) is -1.45. The number of hydrogen-bond acceptors (Lipinski definition) is 11. The van der Waals surface area contributed by atoms with Gasteiger partial charge in [0.25, 0.3) is 0 Å². The van der Waals surface area contributed by atoms with E-state index < -0.39 is 73.7 Å². The number of Topliss-reactive ketones (excluding diaryl/α,β-unsaturated/α-hetero) is 1. The zero-order chi connectivity index (χ0) is 33.6. The summed E-state index contributed by atoms with van der Waals surface area (Å²) in [5.74, 6) is -4.73. The minimum Gasteiger partial charge on any atom is -0.459 e. The van der Waals surface area contributed by atoms with Crippen LogP contribution in [-0.4, -0.2) is 77.5 Å². The molecule has 0 unspecified atom stereocenters. The molecule has 47 heavy (non-hydrogen) atoms. The Bertz CT molecular complexity index is 1630. The first-order valence-electron chi connectivity index (χ1n) is 14.6. The molecule has 0 aliphatic rings. The molecule has 4 aromatic carbocycles. The van der Waals surface area contributed by atoms with Crippen LogP contribution in [0.15, 0.2) is 121 Å². The molecule has 4 aromatic rings. The van der Waals surface area contributed by atoms with Gasteiger partial charge in [0.1, 0.15) is 12.7 Å². The largest absolute Gasteiger partial charge is 0.459 e. The number of ketones is 1. The third kappa shape index (κ3) is 9.67. The van der Waals surface area contributed by atoms with Crippen molar-refractivity contribution in [3.8, 4) is 0 Å². The summed E-state index contributed by atoms with van der Waals surface area (Å²) in [5, 5.41) is 21.0. The summed E-state index contributed by atoms with van der Waals surface area (Å²) in [6, 6.07) is 30.7. The van der Waals surface area contributed by atoms with Crippen LogP contribution < -0.4 is 0 Å². The maximum atomic E-state index is 13.5. The fourth-order valence-corrected chi connectivity index (χ4v) is 4.44. The van der Waals surface area contributed by atoms with Crippen molar-refractivity contribution in [2.24, 2.45) is 0 Å². The Morgan fingerprint density at radius 1 is 0.511 bits per heavy atom. The molecule has 0 fully saturated rings. The summed E-state index contributed by atoms with van der Waals surface area (Å²) >= 11 is 0. The molecule has 11 heteroatoms. The SMILES string of the molecule is O=C(OC[C@@H](O)[C@@H](OC(=O)c1ccccc1)[C@H](OC(=O)c1ccccc1)[C@H](OC(=O)c1ccccc1)C(=O)CCO)c1ccccc1. The molecule has 0 aliphatic carbocycles. The van der Waals surface area contributed by atoms with E-state index in [4.69, 9.17) is 18.9 Å². The van der Waals surface area contributed by atoms with Gasteiger partial charge in [-0.3, -0.25) is 4.79 Å². The second-order valence-corrected chi connectivity index (χ2v) is 10.1. The van der Waals surface area contributed by atoms with E-state index in [0.717, 1.165) is 0 Å². The van der Waals surface area contributed by atoms with Gasteiger partial charge in [-0.2, -0.15) is 0 Å². The number of hydrogen-bond donors (Lipinski definition) is 2. The second kappa shape index (κ2) is 17.2. The molecule has 0 saturated carbocycles. The lowest BCUT2D eigenvalue weighted by Crippen LogP contribution is -2.54. The molecule has 11 nitrogen and oxygen atoms in total. The number of esters is 4. The van der Waals surface area contributed by atoms with Gasteiger partial charge in [-0.25, -0.2) is 19.2 Å². The molecule has 0 heterocycles. The van der Waals surface area contributed by atoms with Gasteiger partial charge in [0, 0.05) is 6.42 Å². The molecule has 0 aromatic heterocycles. The molecule has 0 aliphatic heterocycles. The maximum Gasteiger partial charge on any atom is 0.338 e. The first-order chi connectivity index (χ1) is 22.8. The van der Waals surface area contributed by atoms with Gasteiger partial charge >= 0.3 is 23.9 Å². The summed E-state index contributed by atoms with van der Waals surface area (Å²) in [7, 11) is 0. The van der Waals surface area contributed by atoms with E-state index in [0.29, 0.717) is 0 Å². The predicted molar refractivity (Wildman–Crippen MR) is 166 cm³/mol. The van der Waals surface area contributed by atoms with Crippen LogP contribution in [0.3, 0.4) is 0 Å². The molecule has 4 rings (SSSR count). The Morgan fingerprint density at radius 2 is 0.872 bits per heavy atom. The minimum absolute atomic E-state index is 0.0263.